The van der Waals surface area contributed by atoms with Gasteiger partial charge in [0, 0.05) is 12.0 Å². The Morgan fingerprint density at radius 3 is 2.73 bits per heavy atom. The molecule has 0 fully saturated rings. The van der Waals surface area contributed by atoms with Gasteiger partial charge in [0.2, 0.25) is 5.76 Å². The molecule has 1 aromatic heterocycles. The number of furan rings is 1. The molecule has 7 heteroatoms. The molecule has 1 aromatic carbocycles. The van der Waals surface area contributed by atoms with E-state index in [4.69, 9.17) is 25.9 Å². The molecule has 0 bridgehead atoms. The van der Waals surface area contributed by atoms with Gasteiger partial charge in [0.15, 0.2) is 5.76 Å². The Labute approximate surface area is 130 Å². The van der Waals surface area contributed by atoms with Crippen LogP contribution < -0.4 is 10.1 Å². The molecule has 1 amide bonds. The van der Waals surface area contributed by atoms with E-state index in [1.165, 1.54) is 12.1 Å². The minimum atomic E-state index is -1.22. The molecule has 2 heterocycles. The zero-order chi connectivity index (χ0) is 15.7. The van der Waals surface area contributed by atoms with Crippen LogP contribution in [0.2, 0.25) is 5.02 Å². The molecular formula is C15H12ClNO5. The van der Waals surface area contributed by atoms with Gasteiger partial charge in [-0.1, -0.05) is 23.7 Å². The van der Waals surface area contributed by atoms with Gasteiger partial charge < -0.3 is 19.6 Å². The molecule has 1 unspecified atom stereocenters. The average molecular weight is 322 g/mol. The van der Waals surface area contributed by atoms with Crippen molar-refractivity contribution in [3.8, 4) is 5.75 Å². The van der Waals surface area contributed by atoms with Crippen molar-refractivity contribution >= 4 is 23.5 Å². The number of carbonyl (C=O) groups is 2. The summed E-state index contributed by atoms with van der Waals surface area (Å²) in [5, 5.41) is 12.1. The Morgan fingerprint density at radius 1 is 1.23 bits per heavy atom. The van der Waals surface area contributed by atoms with E-state index in [9.17, 15) is 9.59 Å². The van der Waals surface area contributed by atoms with Crippen molar-refractivity contribution in [2.75, 3.05) is 6.61 Å². The zero-order valence-corrected chi connectivity index (χ0v) is 12.1. The van der Waals surface area contributed by atoms with Gasteiger partial charge in [0.25, 0.3) is 5.91 Å². The maximum absolute atomic E-state index is 12.2. The SMILES string of the molecule is O=C(O)c1ccc(C(=O)NC2CCOc3c(Cl)cccc32)o1. The van der Waals surface area contributed by atoms with Gasteiger partial charge in [-0.3, -0.25) is 4.79 Å². The number of halogens is 1. The van der Waals surface area contributed by atoms with E-state index in [1.54, 1.807) is 12.1 Å². The van der Waals surface area contributed by atoms with E-state index in [0.29, 0.717) is 23.8 Å². The highest BCUT2D eigenvalue weighted by molar-refractivity contribution is 6.32. The smallest absolute Gasteiger partial charge is 0.371 e. The number of rotatable bonds is 3. The lowest BCUT2D eigenvalue weighted by Crippen LogP contribution is -2.32. The van der Waals surface area contributed by atoms with Crippen LogP contribution >= 0.6 is 11.6 Å². The first-order chi connectivity index (χ1) is 10.6. The number of hydrogen-bond acceptors (Lipinski definition) is 4. The minimum absolute atomic E-state index is 0.0486. The van der Waals surface area contributed by atoms with Gasteiger partial charge in [-0.2, -0.15) is 0 Å². The molecule has 0 aliphatic carbocycles. The average Bonchev–Trinajstić information content (AvgIpc) is 2.98. The maximum atomic E-state index is 12.2. The quantitative estimate of drug-likeness (QED) is 0.907. The number of benzene rings is 1. The Balaban J connectivity index is 1.80. The number of aromatic carboxylic acids is 1. The van der Waals surface area contributed by atoms with Crippen LogP contribution in [0.25, 0.3) is 0 Å². The van der Waals surface area contributed by atoms with E-state index in [-0.39, 0.29) is 17.6 Å². The lowest BCUT2D eigenvalue weighted by molar-refractivity contribution is 0.0659. The number of para-hydroxylation sites is 1. The van der Waals surface area contributed by atoms with E-state index >= 15 is 0 Å². The summed E-state index contributed by atoms with van der Waals surface area (Å²) < 4.78 is 10.5. The van der Waals surface area contributed by atoms with Crippen molar-refractivity contribution in [1.82, 2.24) is 5.32 Å². The fraction of sp³-hybridized carbons (Fsp3) is 0.200. The summed E-state index contributed by atoms with van der Waals surface area (Å²) >= 11 is 6.08. The highest BCUT2D eigenvalue weighted by atomic mass is 35.5. The first-order valence-corrected chi connectivity index (χ1v) is 6.99. The molecule has 0 saturated carbocycles. The lowest BCUT2D eigenvalue weighted by atomic mass is 10.0. The summed E-state index contributed by atoms with van der Waals surface area (Å²) in [5.41, 5.74) is 0.789. The first kappa shape index (κ1) is 14.5. The largest absolute Gasteiger partial charge is 0.492 e. The van der Waals surface area contributed by atoms with Gasteiger partial charge in [-0.25, -0.2) is 4.79 Å². The molecule has 1 aliphatic heterocycles. The van der Waals surface area contributed by atoms with Gasteiger partial charge in [-0.05, 0) is 18.2 Å². The molecule has 0 spiro atoms. The third kappa shape index (κ3) is 2.65. The molecule has 114 valence electrons. The molecule has 0 saturated heterocycles. The van der Waals surface area contributed by atoms with E-state index in [1.807, 2.05) is 6.07 Å². The summed E-state index contributed by atoms with van der Waals surface area (Å²) in [6.07, 6.45) is 0.589. The first-order valence-electron chi connectivity index (χ1n) is 6.61. The number of fused-ring (bicyclic) bond motifs is 1. The number of carboxylic acid groups (broad SMARTS) is 1. The van der Waals surface area contributed by atoms with Crippen LogP contribution in [-0.4, -0.2) is 23.6 Å². The number of amides is 1. The fourth-order valence-corrected chi connectivity index (χ4v) is 2.58. The third-order valence-electron chi connectivity index (χ3n) is 3.37. The fourth-order valence-electron chi connectivity index (χ4n) is 2.34. The molecule has 22 heavy (non-hydrogen) atoms. The van der Waals surface area contributed by atoms with E-state index in [0.717, 1.165) is 5.56 Å². The summed E-state index contributed by atoms with van der Waals surface area (Å²) in [7, 11) is 0. The molecule has 1 atom stereocenters. The van der Waals surface area contributed by atoms with Crippen LogP contribution in [0.5, 0.6) is 5.75 Å². The topological polar surface area (TPSA) is 88.8 Å². The summed E-state index contributed by atoms with van der Waals surface area (Å²) in [4.78, 5) is 22.9. The predicted octanol–water partition coefficient (Wildman–Crippen LogP) is 2.88. The molecule has 3 rings (SSSR count). The Bertz CT molecular complexity index is 739. The van der Waals surface area contributed by atoms with E-state index < -0.39 is 11.9 Å². The normalized spacial score (nSPS) is 16.5. The summed E-state index contributed by atoms with van der Waals surface area (Å²) in [6, 6.07) is 7.63. The Morgan fingerprint density at radius 2 is 2.00 bits per heavy atom. The molecule has 0 radical (unpaired) electrons. The number of hydrogen-bond donors (Lipinski definition) is 2. The lowest BCUT2D eigenvalue weighted by Gasteiger charge is -2.27. The molecule has 2 aromatic rings. The van der Waals surface area contributed by atoms with Gasteiger partial charge in [-0.15, -0.1) is 0 Å². The molecular weight excluding hydrogens is 310 g/mol. The molecule has 1 aliphatic rings. The van der Waals surface area contributed by atoms with Gasteiger partial charge in [0.1, 0.15) is 5.75 Å². The van der Waals surface area contributed by atoms with Crippen molar-refractivity contribution in [2.45, 2.75) is 12.5 Å². The number of carboxylic acids is 1. The summed E-state index contributed by atoms with van der Waals surface area (Å²) in [6.45, 7) is 0.431. The number of carbonyl (C=O) groups excluding carboxylic acids is 1. The third-order valence-corrected chi connectivity index (χ3v) is 3.67. The Hall–Kier alpha value is -2.47. The maximum Gasteiger partial charge on any atom is 0.371 e. The van der Waals surface area contributed by atoms with Crippen LogP contribution in [0, 0.1) is 0 Å². The van der Waals surface area contributed by atoms with Crippen LogP contribution in [0.1, 0.15) is 39.1 Å². The molecule has 2 N–H and O–H groups in total. The van der Waals surface area contributed by atoms with Crippen LogP contribution in [0.15, 0.2) is 34.7 Å². The van der Waals surface area contributed by atoms with Crippen molar-refractivity contribution in [3.05, 3.63) is 52.4 Å². The van der Waals surface area contributed by atoms with E-state index in [2.05, 4.69) is 5.32 Å². The van der Waals surface area contributed by atoms with Gasteiger partial charge >= 0.3 is 5.97 Å². The van der Waals surface area contributed by atoms with Crippen LogP contribution in [-0.2, 0) is 0 Å². The van der Waals surface area contributed by atoms with Crippen molar-refractivity contribution in [1.29, 1.82) is 0 Å². The predicted molar refractivity (Wildman–Crippen MR) is 77.4 cm³/mol. The highest BCUT2D eigenvalue weighted by Crippen LogP contribution is 2.37. The monoisotopic (exact) mass is 321 g/mol. The zero-order valence-electron chi connectivity index (χ0n) is 11.3. The van der Waals surface area contributed by atoms with Crippen molar-refractivity contribution < 1.29 is 23.8 Å². The molecule has 6 nitrogen and oxygen atoms in total. The highest BCUT2D eigenvalue weighted by Gasteiger charge is 2.26. The van der Waals surface area contributed by atoms with Crippen molar-refractivity contribution in [3.63, 3.8) is 0 Å². The number of nitrogens with one attached hydrogen (secondary N) is 1. The van der Waals surface area contributed by atoms with Gasteiger partial charge in [0.05, 0.1) is 17.7 Å². The van der Waals surface area contributed by atoms with Crippen LogP contribution in [0.4, 0.5) is 0 Å². The second-order valence-electron chi connectivity index (χ2n) is 4.79. The second-order valence-corrected chi connectivity index (χ2v) is 5.20. The standard InChI is InChI=1S/C15H12ClNO5/c16-9-3-1-2-8-10(6-7-21-13(8)9)17-14(18)11-4-5-12(22-11)15(19)20/h1-5,10H,6-7H2,(H,17,18)(H,19,20). The number of ether oxygens (including phenoxy) is 1. The Kier molecular flexibility index (Phi) is 3.77. The van der Waals surface area contributed by atoms with Crippen LogP contribution in [0.3, 0.4) is 0 Å². The second kappa shape index (κ2) is 5.73. The summed E-state index contributed by atoms with van der Waals surface area (Å²) in [5.74, 6) is -1.47. The minimum Gasteiger partial charge on any atom is -0.492 e. The van der Waals surface area contributed by atoms with Crippen molar-refractivity contribution in [2.24, 2.45) is 0 Å².